The first kappa shape index (κ1) is 12.1. The van der Waals surface area contributed by atoms with Crippen molar-refractivity contribution in [3.63, 3.8) is 0 Å². The Morgan fingerprint density at radius 2 is 2.41 bits per heavy atom. The van der Waals surface area contributed by atoms with Crippen LogP contribution in [0.15, 0.2) is 22.9 Å². The predicted octanol–water partition coefficient (Wildman–Crippen LogP) is 2.36. The fourth-order valence-electron chi connectivity index (χ4n) is 1.71. The van der Waals surface area contributed by atoms with Gasteiger partial charge in [-0.3, -0.25) is 4.79 Å². The van der Waals surface area contributed by atoms with Crippen molar-refractivity contribution >= 4 is 21.8 Å². The number of nitrogens with zero attached hydrogens (tertiary/aromatic N) is 3. The van der Waals surface area contributed by atoms with Gasteiger partial charge in [-0.25, -0.2) is 4.98 Å². The minimum absolute atomic E-state index is 0.00847. The van der Waals surface area contributed by atoms with E-state index in [0.717, 1.165) is 12.8 Å². The largest absolute Gasteiger partial charge is 0.335 e. The van der Waals surface area contributed by atoms with Crippen molar-refractivity contribution < 1.29 is 4.79 Å². The van der Waals surface area contributed by atoms with Crippen molar-refractivity contribution in [1.29, 1.82) is 5.26 Å². The zero-order valence-electron chi connectivity index (χ0n) is 9.27. The standard InChI is InChI=1S/C12H12BrN3O/c13-11-8-9(4-6-15-11)12(17)16(7-1-5-14)10-2-3-10/h4,6,8,10H,1-3,7H2. The summed E-state index contributed by atoms with van der Waals surface area (Å²) in [6, 6.07) is 5.82. The molecule has 1 amide bonds. The first-order valence-corrected chi connectivity index (χ1v) is 6.31. The number of hydrogen-bond acceptors (Lipinski definition) is 3. The summed E-state index contributed by atoms with van der Waals surface area (Å²) in [6.45, 7) is 0.514. The lowest BCUT2D eigenvalue weighted by Crippen LogP contribution is -2.33. The summed E-state index contributed by atoms with van der Waals surface area (Å²) in [7, 11) is 0. The van der Waals surface area contributed by atoms with Crippen LogP contribution in [0.4, 0.5) is 0 Å². The second-order valence-corrected chi connectivity index (χ2v) is 4.82. The number of hydrogen-bond donors (Lipinski definition) is 0. The van der Waals surface area contributed by atoms with E-state index in [2.05, 4.69) is 27.0 Å². The Morgan fingerprint density at radius 1 is 1.65 bits per heavy atom. The quantitative estimate of drug-likeness (QED) is 0.801. The SMILES string of the molecule is N#CCCN(C(=O)c1ccnc(Br)c1)C1CC1. The van der Waals surface area contributed by atoms with Crippen LogP contribution in [0.2, 0.25) is 0 Å². The number of rotatable bonds is 4. The molecule has 1 heterocycles. The molecule has 0 unspecified atom stereocenters. The van der Waals surface area contributed by atoms with E-state index in [1.165, 1.54) is 0 Å². The maximum atomic E-state index is 12.3. The Labute approximate surface area is 108 Å². The Kier molecular flexibility index (Phi) is 3.75. The van der Waals surface area contributed by atoms with Gasteiger partial charge < -0.3 is 4.90 Å². The van der Waals surface area contributed by atoms with Crippen LogP contribution in [0.3, 0.4) is 0 Å². The number of amides is 1. The maximum absolute atomic E-state index is 12.3. The van der Waals surface area contributed by atoms with Crippen molar-refractivity contribution in [3.8, 4) is 6.07 Å². The van der Waals surface area contributed by atoms with Gasteiger partial charge >= 0.3 is 0 Å². The van der Waals surface area contributed by atoms with Gasteiger partial charge in [-0.2, -0.15) is 5.26 Å². The van der Waals surface area contributed by atoms with Crippen LogP contribution in [0, 0.1) is 11.3 Å². The Balaban J connectivity index is 2.13. The summed E-state index contributed by atoms with van der Waals surface area (Å²) in [5.74, 6) is -0.00847. The van der Waals surface area contributed by atoms with Gasteiger partial charge in [0.05, 0.1) is 12.5 Å². The van der Waals surface area contributed by atoms with Crippen LogP contribution >= 0.6 is 15.9 Å². The van der Waals surface area contributed by atoms with Gasteiger partial charge in [0, 0.05) is 24.3 Å². The van der Waals surface area contributed by atoms with Crippen molar-refractivity contribution in [2.75, 3.05) is 6.54 Å². The van der Waals surface area contributed by atoms with E-state index in [1.807, 2.05) is 0 Å². The van der Waals surface area contributed by atoms with E-state index in [1.54, 1.807) is 23.2 Å². The maximum Gasteiger partial charge on any atom is 0.254 e. The number of nitriles is 1. The molecule has 4 nitrogen and oxygen atoms in total. The lowest BCUT2D eigenvalue weighted by molar-refractivity contribution is 0.0746. The van der Waals surface area contributed by atoms with Crippen LogP contribution in [-0.2, 0) is 0 Å². The number of halogens is 1. The van der Waals surface area contributed by atoms with E-state index >= 15 is 0 Å². The van der Waals surface area contributed by atoms with Crippen LogP contribution < -0.4 is 0 Å². The summed E-state index contributed by atoms with van der Waals surface area (Å²) < 4.78 is 0.652. The Morgan fingerprint density at radius 3 is 3.00 bits per heavy atom. The smallest absolute Gasteiger partial charge is 0.254 e. The van der Waals surface area contributed by atoms with Crippen molar-refractivity contribution in [3.05, 3.63) is 28.5 Å². The summed E-state index contributed by atoms with van der Waals surface area (Å²) >= 11 is 3.25. The van der Waals surface area contributed by atoms with Gasteiger partial charge in [0.15, 0.2) is 0 Å². The number of aromatic nitrogens is 1. The van der Waals surface area contributed by atoms with Gasteiger partial charge in [0.25, 0.3) is 5.91 Å². The first-order chi connectivity index (χ1) is 8.22. The lowest BCUT2D eigenvalue weighted by Gasteiger charge is -2.21. The third kappa shape index (κ3) is 3.04. The van der Waals surface area contributed by atoms with Gasteiger partial charge in [0.1, 0.15) is 4.60 Å². The Bertz CT molecular complexity index is 465. The van der Waals surface area contributed by atoms with E-state index in [4.69, 9.17) is 5.26 Å². The second-order valence-electron chi connectivity index (χ2n) is 4.01. The molecule has 0 aliphatic heterocycles. The monoisotopic (exact) mass is 293 g/mol. The van der Waals surface area contributed by atoms with E-state index in [9.17, 15) is 4.79 Å². The molecule has 0 aromatic carbocycles. The van der Waals surface area contributed by atoms with Crippen molar-refractivity contribution in [2.45, 2.75) is 25.3 Å². The Hall–Kier alpha value is -1.41. The third-order valence-corrected chi connectivity index (χ3v) is 3.12. The zero-order valence-corrected chi connectivity index (χ0v) is 10.9. The molecular formula is C12H12BrN3O. The highest BCUT2D eigenvalue weighted by Crippen LogP contribution is 2.28. The molecule has 0 N–H and O–H groups in total. The molecule has 0 atom stereocenters. The predicted molar refractivity (Wildman–Crippen MR) is 66.2 cm³/mol. The minimum atomic E-state index is -0.00847. The summed E-state index contributed by atoms with van der Waals surface area (Å²) in [4.78, 5) is 18.0. The number of carbonyl (C=O) groups is 1. The normalized spacial score (nSPS) is 14.1. The molecule has 88 valence electrons. The average Bonchev–Trinajstić information content (AvgIpc) is 3.14. The molecule has 17 heavy (non-hydrogen) atoms. The van der Waals surface area contributed by atoms with Gasteiger partial charge in [0.2, 0.25) is 0 Å². The molecule has 0 radical (unpaired) electrons. The van der Waals surface area contributed by atoms with Crippen molar-refractivity contribution in [1.82, 2.24) is 9.88 Å². The number of pyridine rings is 1. The molecule has 1 aliphatic rings. The molecule has 5 heteroatoms. The van der Waals surface area contributed by atoms with Crippen LogP contribution in [0.5, 0.6) is 0 Å². The topological polar surface area (TPSA) is 57.0 Å². The zero-order chi connectivity index (χ0) is 12.3. The average molecular weight is 294 g/mol. The lowest BCUT2D eigenvalue weighted by atomic mass is 10.2. The fourth-order valence-corrected chi connectivity index (χ4v) is 2.07. The van der Waals surface area contributed by atoms with E-state index < -0.39 is 0 Å². The first-order valence-electron chi connectivity index (χ1n) is 5.52. The fraction of sp³-hybridized carbons (Fsp3) is 0.417. The van der Waals surface area contributed by atoms with Gasteiger partial charge in [-0.05, 0) is 40.9 Å². The van der Waals surface area contributed by atoms with E-state index in [0.29, 0.717) is 29.2 Å². The van der Waals surface area contributed by atoms with Crippen molar-refractivity contribution in [2.24, 2.45) is 0 Å². The summed E-state index contributed by atoms with van der Waals surface area (Å²) in [5, 5.41) is 8.61. The molecule has 0 bridgehead atoms. The second kappa shape index (κ2) is 5.28. The van der Waals surface area contributed by atoms with E-state index in [-0.39, 0.29) is 5.91 Å². The minimum Gasteiger partial charge on any atom is -0.335 e. The highest BCUT2D eigenvalue weighted by molar-refractivity contribution is 9.10. The molecular weight excluding hydrogens is 282 g/mol. The molecule has 1 aliphatic carbocycles. The van der Waals surface area contributed by atoms with Crippen LogP contribution in [0.1, 0.15) is 29.6 Å². The number of carbonyl (C=O) groups excluding carboxylic acids is 1. The highest BCUT2D eigenvalue weighted by Gasteiger charge is 2.32. The molecule has 0 saturated heterocycles. The highest BCUT2D eigenvalue weighted by atomic mass is 79.9. The molecule has 1 saturated carbocycles. The summed E-state index contributed by atoms with van der Waals surface area (Å²) in [5.41, 5.74) is 0.622. The van der Waals surface area contributed by atoms with Crippen LogP contribution in [0.25, 0.3) is 0 Å². The molecule has 0 spiro atoms. The van der Waals surface area contributed by atoms with Gasteiger partial charge in [-0.15, -0.1) is 0 Å². The molecule has 2 rings (SSSR count). The molecule has 1 aromatic rings. The molecule has 1 fully saturated rings. The van der Waals surface area contributed by atoms with Crippen LogP contribution in [-0.4, -0.2) is 28.4 Å². The molecule has 1 aromatic heterocycles. The summed E-state index contributed by atoms with van der Waals surface area (Å²) in [6.07, 6.45) is 4.08. The van der Waals surface area contributed by atoms with Gasteiger partial charge in [-0.1, -0.05) is 0 Å². The third-order valence-electron chi connectivity index (χ3n) is 2.69.